The molecule has 0 aromatic heterocycles. The minimum atomic E-state index is -4.46. The minimum absolute atomic E-state index is 0.0779. The zero-order valence-electron chi connectivity index (χ0n) is 11.5. The summed E-state index contributed by atoms with van der Waals surface area (Å²) in [6, 6.07) is 4.11. The van der Waals surface area contributed by atoms with Gasteiger partial charge in [-0.25, -0.2) is 0 Å². The molecule has 3 nitrogen and oxygen atoms in total. The number of hydrogen-bond donors (Lipinski definition) is 1. The molecule has 1 aliphatic carbocycles. The van der Waals surface area contributed by atoms with Crippen LogP contribution in [0.1, 0.15) is 25.3 Å². The molecule has 1 fully saturated rings. The monoisotopic (exact) mass is 364 g/mol. The van der Waals surface area contributed by atoms with Crippen LogP contribution >= 0.6 is 15.9 Å². The zero-order chi connectivity index (χ0) is 15.6. The fraction of sp³-hybridized carbons (Fsp3) is 0.500. The molecule has 0 aliphatic heterocycles. The van der Waals surface area contributed by atoms with Crippen molar-refractivity contribution in [2.24, 2.45) is 0 Å². The molecule has 1 aromatic rings. The maximum absolute atomic E-state index is 13.0. The summed E-state index contributed by atoms with van der Waals surface area (Å²) < 4.78 is 39.2. The number of rotatable bonds is 5. The third-order valence-electron chi connectivity index (χ3n) is 3.37. The molecule has 0 saturated heterocycles. The van der Waals surface area contributed by atoms with Crippen LogP contribution in [0.3, 0.4) is 0 Å². The summed E-state index contributed by atoms with van der Waals surface area (Å²) in [5, 5.41) is 2.61. The molecule has 1 amide bonds. The van der Waals surface area contributed by atoms with Crippen LogP contribution in [0.2, 0.25) is 0 Å². The highest BCUT2D eigenvalue weighted by Crippen LogP contribution is 2.36. The van der Waals surface area contributed by atoms with Crippen LogP contribution in [0, 0.1) is 0 Å². The lowest BCUT2D eigenvalue weighted by Gasteiger charge is -2.21. The number of likely N-dealkylation sites (N-methyl/N-ethyl adjacent to an activating group) is 1. The Kier molecular flexibility index (Phi) is 4.81. The highest BCUT2D eigenvalue weighted by Gasteiger charge is 2.34. The van der Waals surface area contributed by atoms with E-state index < -0.39 is 11.7 Å². The van der Waals surface area contributed by atoms with Gasteiger partial charge in [-0.05, 0) is 38.0 Å². The van der Waals surface area contributed by atoms with E-state index in [0.29, 0.717) is 11.0 Å². The molecular weight excluding hydrogens is 349 g/mol. The van der Waals surface area contributed by atoms with Crippen LogP contribution in [-0.2, 0) is 11.0 Å². The van der Waals surface area contributed by atoms with Gasteiger partial charge in [0.15, 0.2) is 0 Å². The lowest BCUT2D eigenvalue weighted by atomic mass is 10.1. The van der Waals surface area contributed by atoms with Crippen LogP contribution in [0.15, 0.2) is 22.7 Å². The van der Waals surface area contributed by atoms with Crippen molar-refractivity contribution in [3.05, 3.63) is 28.2 Å². The van der Waals surface area contributed by atoms with Crippen LogP contribution in [0.4, 0.5) is 18.9 Å². The fourth-order valence-corrected chi connectivity index (χ4v) is 2.56. The van der Waals surface area contributed by atoms with Crippen molar-refractivity contribution < 1.29 is 18.0 Å². The van der Waals surface area contributed by atoms with Crippen molar-refractivity contribution >= 4 is 27.5 Å². The lowest BCUT2D eigenvalue weighted by Crippen LogP contribution is -2.37. The van der Waals surface area contributed by atoms with Crippen LogP contribution in [0.25, 0.3) is 0 Å². The maximum atomic E-state index is 13.0. The largest absolute Gasteiger partial charge is 0.418 e. The molecule has 0 bridgehead atoms. The van der Waals surface area contributed by atoms with Crippen molar-refractivity contribution in [2.45, 2.75) is 32.0 Å². The van der Waals surface area contributed by atoms with Gasteiger partial charge >= 0.3 is 6.18 Å². The van der Waals surface area contributed by atoms with E-state index in [9.17, 15) is 18.0 Å². The van der Waals surface area contributed by atoms with E-state index >= 15 is 0 Å². The third-order valence-corrected chi connectivity index (χ3v) is 3.86. The predicted octanol–water partition coefficient (Wildman–Crippen LogP) is 3.89. The van der Waals surface area contributed by atoms with E-state index in [0.717, 1.165) is 18.9 Å². The van der Waals surface area contributed by atoms with Crippen molar-refractivity contribution in [1.82, 2.24) is 4.90 Å². The van der Waals surface area contributed by atoms with Gasteiger partial charge in [-0.3, -0.25) is 4.79 Å². The normalized spacial score (nSPS) is 14.9. The molecule has 0 unspecified atom stereocenters. The zero-order valence-corrected chi connectivity index (χ0v) is 13.1. The van der Waals surface area contributed by atoms with Gasteiger partial charge < -0.3 is 10.2 Å². The van der Waals surface area contributed by atoms with Gasteiger partial charge in [0.25, 0.3) is 0 Å². The fourth-order valence-electron chi connectivity index (χ4n) is 2.20. The van der Waals surface area contributed by atoms with Gasteiger partial charge in [0.2, 0.25) is 5.91 Å². The van der Waals surface area contributed by atoms with E-state index in [-0.39, 0.29) is 24.2 Å². The Balaban J connectivity index is 2.07. The summed E-state index contributed by atoms with van der Waals surface area (Å²) in [4.78, 5) is 13.7. The molecule has 0 radical (unpaired) electrons. The standard InChI is InChI=1S/C14H16BrF3N2O/c1-2-20(10-4-5-10)13(21)8-19-12-6-3-9(15)7-11(12)14(16,17)18/h3,6-7,10,19H,2,4-5,8H2,1H3. The Morgan fingerprint density at radius 1 is 1.43 bits per heavy atom. The second-order valence-corrected chi connectivity index (χ2v) is 5.87. The molecular formula is C14H16BrF3N2O. The third kappa shape index (κ3) is 4.12. The lowest BCUT2D eigenvalue weighted by molar-refractivity contribution is -0.137. The number of halogens is 4. The van der Waals surface area contributed by atoms with E-state index in [1.54, 1.807) is 4.90 Å². The van der Waals surface area contributed by atoms with Gasteiger partial charge in [-0.15, -0.1) is 0 Å². The van der Waals surface area contributed by atoms with Gasteiger partial charge in [0.05, 0.1) is 12.1 Å². The Labute approximate surface area is 129 Å². The van der Waals surface area contributed by atoms with E-state index in [1.165, 1.54) is 12.1 Å². The van der Waals surface area contributed by atoms with Crippen LogP contribution in [-0.4, -0.2) is 29.9 Å². The molecule has 21 heavy (non-hydrogen) atoms. The highest BCUT2D eigenvalue weighted by atomic mass is 79.9. The number of amides is 1. The average molecular weight is 365 g/mol. The summed E-state index contributed by atoms with van der Waals surface area (Å²) in [5.41, 5.74) is -0.856. The van der Waals surface area contributed by atoms with Gasteiger partial charge in [0, 0.05) is 22.7 Å². The molecule has 116 valence electrons. The van der Waals surface area contributed by atoms with E-state index in [4.69, 9.17) is 0 Å². The Bertz CT molecular complexity index is 529. The van der Waals surface area contributed by atoms with Crippen molar-refractivity contribution in [1.29, 1.82) is 0 Å². The predicted molar refractivity (Wildman–Crippen MR) is 78.0 cm³/mol. The average Bonchev–Trinajstić information content (AvgIpc) is 3.21. The Morgan fingerprint density at radius 3 is 2.62 bits per heavy atom. The Morgan fingerprint density at radius 2 is 2.10 bits per heavy atom. The topological polar surface area (TPSA) is 32.3 Å². The number of carbonyl (C=O) groups is 1. The number of nitrogens with one attached hydrogen (secondary N) is 1. The minimum Gasteiger partial charge on any atom is -0.376 e. The van der Waals surface area contributed by atoms with Gasteiger partial charge in [0.1, 0.15) is 0 Å². The van der Waals surface area contributed by atoms with E-state index in [1.807, 2.05) is 6.92 Å². The van der Waals surface area contributed by atoms with Crippen LogP contribution in [0.5, 0.6) is 0 Å². The summed E-state index contributed by atoms with van der Waals surface area (Å²) >= 11 is 3.03. The molecule has 7 heteroatoms. The quantitative estimate of drug-likeness (QED) is 0.859. The molecule has 0 spiro atoms. The first-order valence-electron chi connectivity index (χ1n) is 6.73. The van der Waals surface area contributed by atoms with E-state index in [2.05, 4.69) is 21.2 Å². The molecule has 1 saturated carbocycles. The number of alkyl halides is 3. The number of benzene rings is 1. The number of nitrogens with zero attached hydrogens (tertiary/aromatic N) is 1. The molecule has 2 rings (SSSR count). The molecule has 1 aliphatic rings. The summed E-state index contributed by atoms with van der Waals surface area (Å²) in [7, 11) is 0. The maximum Gasteiger partial charge on any atom is 0.418 e. The SMILES string of the molecule is CCN(C(=O)CNc1ccc(Br)cc1C(F)(F)F)C1CC1. The summed E-state index contributed by atoms with van der Waals surface area (Å²) in [6.07, 6.45) is -2.51. The molecule has 0 atom stereocenters. The number of hydrogen-bond acceptors (Lipinski definition) is 2. The first-order chi connectivity index (χ1) is 9.82. The van der Waals surface area contributed by atoms with Gasteiger partial charge in [-0.2, -0.15) is 13.2 Å². The second kappa shape index (κ2) is 6.25. The smallest absolute Gasteiger partial charge is 0.376 e. The highest BCUT2D eigenvalue weighted by molar-refractivity contribution is 9.10. The summed E-state index contributed by atoms with van der Waals surface area (Å²) in [6.45, 7) is 2.32. The number of carbonyl (C=O) groups excluding carboxylic acids is 1. The van der Waals surface area contributed by atoms with Crippen LogP contribution < -0.4 is 5.32 Å². The summed E-state index contributed by atoms with van der Waals surface area (Å²) in [5.74, 6) is -0.170. The second-order valence-electron chi connectivity index (χ2n) is 4.95. The molecule has 1 N–H and O–H groups in total. The first kappa shape index (κ1) is 16.1. The first-order valence-corrected chi connectivity index (χ1v) is 7.52. The molecule has 0 heterocycles. The van der Waals surface area contributed by atoms with Gasteiger partial charge in [-0.1, -0.05) is 15.9 Å². The Hall–Kier alpha value is -1.24. The molecule has 1 aromatic carbocycles. The van der Waals surface area contributed by atoms with Crippen molar-refractivity contribution in [3.63, 3.8) is 0 Å². The number of anilines is 1. The van der Waals surface area contributed by atoms with Crippen molar-refractivity contribution in [2.75, 3.05) is 18.4 Å². The van der Waals surface area contributed by atoms with Crippen molar-refractivity contribution in [3.8, 4) is 0 Å².